The van der Waals surface area contributed by atoms with Crippen molar-refractivity contribution in [1.29, 1.82) is 0 Å². The maximum absolute atomic E-state index is 11.4. The Hall–Kier alpha value is -1.07. The van der Waals surface area contributed by atoms with E-state index in [2.05, 4.69) is 5.10 Å². The van der Waals surface area contributed by atoms with Crippen molar-refractivity contribution in [2.45, 2.75) is 0 Å². The fourth-order valence-electron chi connectivity index (χ4n) is 1.07. The largest absolute Gasteiger partial charge is 0.447 e. The van der Waals surface area contributed by atoms with Gasteiger partial charge in [0.2, 0.25) is 0 Å². The second-order valence-corrected chi connectivity index (χ2v) is 3.81. The van der Waals surface area contributed by atoms with Gasteiger partial charge in [0.1, 0.15) is 11.4 Å². The number of nitrogens with zero attached hydrogens (tertiary/aromatic N) is 2. The number of hydrogen-bond donors (Lipinski definition) is 0. The van der Waals surface area contributed by atoms with E-state index < -0.39 is 6.09 Å². The zero-order chi connectivity index (χ0) is 9.97. The lowest BCUT2D eigenvalue weighted by atomic mass is 10.5. The van der Waals surface area contributed by atoms with Crippen LogP contribution in [0, 0.1) is 0 Å². The molecular formula is C8H7ClN2O2S. The third kappa shape index (κ3) is 1.60. The average molecular weight is 231 g/mol. The second kappa shape index (κ2) is 3.98. The molecule has 0 aliphatic rings. The molecule has 0 saturated carbocycles. The number of thiophene rings is 1. The number of halogens is 1. The zero-order valence-corrected chi connectivity index (χ0v) is 8.72. The van der Waals surface area contributed by atoms with Crippen molar-refractivity contribution in [2.75, 3.05) is 12.5 Å². The smallest absolute Gasteiger partial charge is 0.436 e. The molecule has 2 rings (SSSR count). The first kappa shape index (κ1) is 9.48. The summed E-state index contributed by atoms with van der Waals surface area (Å²) in [4.78, 5) is 12.2. The summed E-state index contributed by atoms with van der Waals surface area (Å²) >= 11 is 6.85. The molecule has 0 amide bonds. The Morgan fingerprint density at radius 3 is 3.36 bits per heavy atom. The number of aromatic nitrogens is 2. The molecule has 6 heteroatoms. The zero-order valence-electron chi connectivity index (χ0n) is 7.14. The van der Waals surface area contributed by atoms with Crippen LogP contribution in [0.4, 0.5) is 4.79 Å². The van der Waals surface area contributed by atoms with Crippen molar-refractivity contribution >= 4 is 39.2 Å². The number of ether oxygens (including phenoxy) is 1. The molecule has 0 N–H and O–H groups in total. The summed E-state index contributed by atoms with van der Waals surface area (Å²) in [5, 5.41) is 6.76. The van der Waals surface area contributed by atoms with Gasteiger partial charge in [-0.25, -0.2) is 4.79 Å². The predicted molar refractivity (Wildman–Crippen MR) is 55.1 cm³/mol. The van der Waals surface area contributed by atoms with Crippen molar-refractivity contribution in [3.63, 3.8) is 0 Å². The Morgan fingerprint density at radius 1 is 1.71 bits per heavy atom. The molecule has 0 aromatic carbocycles. The number of rotatable bonds is 2. The second-order valence-electron chi connectivity index (χ2n) is 2.54. The molecule has 4 nitrogen and oxygen atoms in total. The molecule has 0 aliphatic heterocycles. The van der Waals surface area contributed by atoms with Gasteiger partial charge in [0.15, 0.2) is 0 Å². The Bertz CT molecular complexity index is 451. The van der Waals surface area contributed by atoms with Crippen LogP contribution in [0.25, 0.3) is 10.2 Å². The topological polar surface area (TPSA) is 44.1 Å². The first-order valence-corrected chi connectivity index (χ1v) is 5.38. The number of fused-ring (bicyclic) bond motifs is 1. The summed E-state index contributed by atoms with van der Waals surface area (Å²) in [6.45, 7) is 0.202. The molecule has 0 atom stereocenters. The van der Waals surface area contributed by atoms with E-state index in [0.717, 1.165) is 10.2 Å². The van der Waals surface area contributed by atoms with Gasteiger partial charge >= 0.3 is 6.09 Å². The van der Waals surface area contributed by atoms with Crippen molar-refractivity contribution in [2.24, 2.45) is 0 Å². The van der Waals surface area contributed by atoms with Crippen LogP contribution in [0.5, 0.6) is 0 Å². The van der Waals surface area contributed by atoms with Gasteiger partial charge in [-0.05, 0) is 11.4 Å². The minimum absolute atomic E-state index is 0.202. The quantitative estimate of drug-likeness (QED) is 0.744. The van der Waals surface area contributed by atoms with Gasteiger partial charge in [-0.2, -0.15) is 9.78 Å². The molecule has 0 radical (unpaired) electrons. The van der Waals surface area contributed by atoms with Crippen LogP contribution in [0.3, 0.4) is 0 Å². The number of hydrogen-bond acceptors (Lipinski definition) is 4. The van der Waals surface area contributed by atoms with Crippen LogP contribution in [0.15, 0.2) is 17.6 Å². The van der Waals surface area contributed by atoms with Crippen molar-refractivity contribution in [3.05, 3.63) is 17.6 Å². The molecule has 0 saturated heterocycles. The van der Waals surface area contributed by atoms with Crippen LogP contribution in [0.1, 0.15) is 0 Å². The molecule has 74 valence electrons. The molecule has 0 bridgehead atoms. The van der Waals surface area contributed by atoms with Crippen LogP contribution < -0.4 is 0 Å². The Kier molecular flexibility index (Phi) is 2.69. The van der Waals surface area contributed by atoms with Crippen molar-refractivity contribution in [1.82, 2.24) is 9.78 Å². The fourth-order valence-corrected chi connectivity index (χ4v) is 1.97. The van der Waals surface area contributed by atoms with Gasteiger partial charge in [0, 0.05) is 5.39 Å². The van der Waals surface area contributed by atoms with Gasteiger partial charge in [-0.3, -0.25) is 0 Å². The normalized spacial score (nSPS) is 10.6. The SMILES string of the molecule is O=C(OCCCl)n1ncc2ccsc21. The first-order valence-electron chi connectivity index (χ1n) is 3.97. The number of carbonyl (C=O) groups excluding carboxylic acids is 1. The van der Waals surface area contributed by atoms with Crippen LogP contribution in [0.2, 0.25) is 0 Å². The molecular weight excluding hydrogens is 224 g/mol. The summed E-state index contributed by atoms with van der Waals surface area (Å²) < 4.78 is 6.09. The van der Waals surface area contributed by atoms with Crippen molar-refractivity contribution < 1.29 is 9.53 Å². The lowest BCUT2D eigenvalue weighted by Gasteiger charge is -2.00. The summed E-state index contributed by atoms with van der Waals surface area (Å²) in [5.74, 6) is 0.292. The van der Waals surface area contributed by atoms with E-state index in [1.807, 2.05) is 11.4 Å². The van der Waals surface area contributed by atoms with Crippen LogP contribution in [-0.2, 0) is 4.74 Å². The minimum Gasteiger partial charge on any atom is -0.447 e. The molecule has 0 unspecified atom stereocenters. The minimum atomic E-state index is -0.483. The highest BCUT2D eigenvalue weighted by Crippen LogP contribution is 2.19. The van der Waals surface area contributed by atoms with E-state index in [9.17, 15) is 4.79 Å². The number of carbonyl (C=O) groups is 1. The van der Waals surface area contributed by atoms with Gasteiger partial charge in [0.25, 0.3) is 0 Å². The highest BCUT2D eigenvalue weighted by Gasteiger charge is 2.11. The first-order chi connectivity index (χ1) is 6.83. The maximum Gasteiger partial charge on any atom is 0.436 e. The van der Waals surface area contributed by atoms with Gasteiger partial charge in [-0.15, -0.1) is 22.9 Å². The van der Waals surface area contributed by atoms with E-state index in [1.54, 1.807) is 6.20 Å². The Balaban J connectivity index is 2.25. The van der Waals surface area contributed by atoms with E-state index in [0.29, 0.717) is 5.88 Å². The molecule has 14 heavy (non-hydrogen) atoms. The van der Waals surface area contributed by atoms with Crippen molar-refractivity contribution in [3.8, 4) is 0 Å². The third-order valence-corrected chi connectivity index (χ3v) is 2.71. The Labute approximate surface area is 89.0 Å². The molecule has 2 aromatic rings. The molecule has 2 heterocycles. The summed E-state index contributed by atoms with van der Waals surface area (Å²) in [7, 11) is 0. The fraction of sp³-hybridized carbons (Fsp3) is 0.250. The number of alkyl halides is 1. The van der Waals surface area contributed by atoms with Gasteiger partial charge < -0.3 is 4.74 Å². The maximum atomic E-state index is 11.4. The van der Waals surface area contributed by atoms with E-state index >= 15 is 0 Å². The lowest BCUT2D eigenvalue weighted by molar-refractivity contribution is 0.152. The summed E-state index contributed by atoms with van der Waals surface area (Å²) in [5.41, 5.74) is 0. The molecule has 0 spiro atoms. The standard InChI is InChI=1S/C8H7ClN2O2S/c9-2-3-13-8(12)11-7-6(5-10-11)1-4-14-7/h1,4-5H,2-3H2. The lowest BCUT2D eigenvalue weighted by Crippen LogP contribution is -2.15. The summed E-state index contributed by atoms with van der Waals surface area (Å²) in [6, 6.07) is 1.90. The molecule has 2 aromatic heterocycles. The predicted octanol–water partition coefficient (Wildman–Crippen LogP) is 2.32. The average Bonchev–Trinajstić information content (AvgIpc) is 2.74. The molecule has 0 aliphatic carbocycles. The van der Waals surface area contributed by atoms with E-state index in [4.69, 9.17) is 16.3 Å². The third-order valence-electron chi connectivity index (χ3n) is 1.65. The monoisotopic (exact) mass is 230 g/mol. The van der Waals surface area contributed by atoms with E-state index in [-0.39, 0.29) is 6.61 Å². The molecule has 0 fully saturated rings. The van der Waals surface area contributed by atoms with E-state index in [1.165, 1.54) is 16.0 Å². The van der Waals surface area contributed by atoms with Crippen LogP contribution in [-0.4, -0.2) is 28.4 Å². The highest BCUT2D eigenvalue weighted by atomic mass is 35.5. The van der Waals surface area contributed by atoms with Crippen LogP contribution >= 0.6 is 22.9 Å². The summed E-state index contributed by atoms with van der Waals surface area (Å²) in [6.07, 6.45) is 1.15. The van der Waals surface area contributed by atoms with Gasteiger partial charge in [0.05, 0.1) is 12.1 Å². The van der Waals surface area contributed by atoms with Gasteiger partial charge in [-0.1, -0.05) is 0 Å². The Morgan fingerprint density at radius 2 is 2.57 bits per heavy atom. The highest BCUT2D eigenvalue weighted by molar-refractivity contribution is 7.16.